The zero-order valence-electron chi connectivity index (χ0n) is 12.4. The predicted octanol–water partition coefficient (Wildman–Crippen LogP) is 2.03. The Bertz CT molecular complexity index is 679. The van der Waals surface area contributed by atoms with E-state index >= 15 is 0 Å². The highest BCUT2D eigenvalue weighted by molar-refractivity contribution is 7.20. The van der Waals surface area contributed by atoms with E-state index in [2.05, 4.69) is 0 Å². The van der Waals surface area contributed by atoms with Crippen LogP contribution in [0.25, 0.3) is 10.1 Å². The molecule has 0 spiro atoms. The summed E-state index contributed by atoms with van der Waals surface area (Å²) in [7, 11) is 3.37. The first-order valence-corrected chi connectivity index (χ1v) is 7.52. The normalized spacial score (nSPS) is 10.6. The molecule has 2 aromatic rings. The van der Waals surface area contributed by atoms with Crippen LogP contribution >= 0.6 is 11.3 Å². The van der Waals surface area contributed by atoms with Gasteiger partial charge in [-0.1, -0.05) is 0 Å². The van der Waals surface area contributed by atoms with Crippen molar-refractivity contribution in [3.8, 4) is 0 Å². The molecule has 2 rings (SSSR count). The minimum atomic E-state index is -0.118. The Kier molecular flexibility index (Phi) is 4.47. The summed E-state index contributed by atoms with van der Waals surface area (Å²) < 4.78 is 1.02. The Balaban J connectivity index is 2.25. The van der Waals surface area contributed by atoms with Crippen LogP contribution in [0.2, 0.25) is 0 Å². The van der Waals surface area contributed by atoms with E-state index in [9.17, 15) is 9.59 Å². The van der Waals surface area contributed by atoms with Gasteiger partial charge in [-0.3, -0.25) is 9.59 Å². The number of nitrogens with two attached hydrogens (primary N) is 1. The topological polar surface area (TPSA) is 66.6 Å². The number of hydrogen-bond donors (Lipinski definition) is 1. The zero-order chi connectivity index (χ0) is 15.6. The van der Waals surface area contributed by atoms with Crippen LogP contribution in [0.3, 0.4) is 0 Å². The summed E-state index contributed by atoms with van der Waals surface area (Å²) in [5, 5.41) is 0.957. The molecule has 0 atom stereocenters. The maximum absolute atomic E-state index is 12.5. The van der Waals surface area contributed by atoms with E-state index in [0.29, 0.717) is 17.1 Å². The SMILES string of the molecule is CCN(CC(=O)N(C)C)C(=O)c1cc2cc(N)ccc2s1. The lowest BCUT2D eigenvalue weighted by molar-refractivity contribution is -0.129. The molecule has 5 nitrogen and oxygen atoms in total. The third-order valence-corrected chi connectivity index (χ3v) is 4.35. The van der Waals surface area contributed by atoms with Gasteiger partial charge < -0.3 is 15.5 Å². The van der Waals surface area contributed by atoms with Gasteiger partial charge in [0, 0.05) is 31.0 Å². The molecule has 0 saturated carbocycles. The quantitative estimate of drug-likeness (QED) is 0.879. The number of nitrogens with zero attached hydrogens (tertiary/aromatic N) is 2. The van der Waals surface area contributed by atoms with E-state index in [1.54, 1.807) is 19.0 Å². The maximum atomic E-state index is 12.5. The van der Waals surface area contributed by atoms with Gasteiger partial charge in [0.25, 0.3) is 5.91 Å². The zero-order valence-corrected chi connectivity index (χ0v) is 13.2. The third kappa shape index (κ3) is 3.33. The summed E-state index contributed by atoms with van der Waals surface area (Å²) in [6.45, 7) is 2.46. The van der Waals surface area contributed by atoms with Crippen LogP contribution in [0, 0.1) is 0 Å². The van der Waals surface area contributed by atoms with Crippen LogP contribution in [-0.2, 0) is 4.79 Å². The van der Waals surface area contributed by atoms with E-state index in [0.717, 1.165) is 10.1 Å². The van der Waals surface area contributed by atoms with E-state index in [4.69, 9.17) is 5.73 Å². The molecule has 2 N–H and O–H groups in total. The molecular formula is C15H19N3O2S. The Morgan fingerprint density at radius 2 is 1.95 bits per heavy atom. The maximum Gasteiger partial charge on any atom is 0.264 e. The molecular weight excluding hydrogens is 286 g/mol. The van der Waals surface area contributed by atoms with Gasteiger partial charge >= 0.3 is 0 Å². The Hall–Kier alpha value is -2.08. The van der Waals surface area contributed by atoms with Crippen molar-refractivity contribution >= 4 is 38.9 Å². The van der Waals surface area contributed by atoms with Gasteiger partial charge in [-0.05, 0) is 36.6 Å². The van der Waals surface area contributed by atoms with E-state index in [1.165, 1.54) is 16.2 Å². The molecule has 1 aromatic carbocycles. The van der Waals surface area contributed by atoms with Gasteiger partial charge in [-0.25, -0.2) is 0 Å². The van der Waals surface area contributed by atoms with Gasteiger partial charge in [0.2, 0.25) is 5.91 Å². The lowest BCUT2D eigenvalue weighted by Crippen LogP contribution is -2.39. The first kappa shape index (κ1) is 15.3. The van der Waals surface area contributed by atoms with Crippen molar-refractivity contribution in [3.63, 3.8) is 0 Å². The average Bonchev–Trinajstić information content (AvgIpc) is 2.86. The average molecular weight is 305 g/mol. The molecule has 0 fully saturated rings. The fourth-order valence-corrected chi connectivity index (χ4v) is 2.97. The van der Waals surface area contributed by atoms with Crippen LogP contribution in [0.15, 0.2) is 24.3 Å². The van der Waals surface area contributed by atoms with Crippen LogP contribution in [-0.4, -0.2) is 48.8 Å². The summed E-state index contributed by atoms with van der Waals surface area (Å²) in [5.41, 5.74) is 6.43. The van der Waals surface area contributed by atoms with Crippen LogP contribution < -0.4 is 5.73 Å². The van der Waals surface area contributed by atoms with Crippen molar-refractivity contribution in [3.05, 3.63) is 29.1 Å². The Morgan fingerprint density at radius 3 is 2.57 bits per heavy atom. The first-order valence-electron chi connectivity index (χ1n) is 6.71. The number of anilines is 1. The molecule has 6 heteroatoms. The molecule has 1 aromatic heterocycles. The summed E-state index contributed by atoms with van der Waals surface area (Å²) in [5.74, 6) is -0.206. The Morgan fingerprint density at radius 1 is 1.24 bits per heavy atom. The minimum absolute atomic E-state index is 0.0874. The highest BCUT2D eigenvalue weighted by Gasteiger charge is 2.20. The second kappa shape index (κ2) is 6.13. The number of rotatable bonds is 4. The van der Waals surface area contributed by atoms with Crippen molar-refractivity contribution in [1.29, 1.82) is 0 Å². The standard InChI is InChI=1S/C15H19N3O2S/c1-4-18(9-14(19)17(2)3)15(20)13-8-10-7-11(16)5-6-12(10)21-13/h5-8H,4,9,16H2,1-3H3. The van der Waals surface area contributed by atoms with E-state index in [-0.39, 0.29) is 18.4 Å². The molecule has 2 amide bonds. The molecule has 0 radical (unpaired) electrons. The van der Waals surface area contributed by atoms with Gasteiger partial charge in [-0.2, -0.15) is 0 Å². The van der Waals surface area contributed by atoms with E-state index < -0.39 is 0 Å². The molecule has 0 aliphatic carbocycles. The highest BCUT2D eigenvalue weighted by atomic mass is 32.1. The summed E-state index contributed by atoms with van der Waals surface area (Å²) >= 11 is 1.42. The van der Waals surface area contributed by atoms with Crippen LogP contribution in [0.5, 0.6) is 0 Å². The fourth-order valence-electron chi connectivity index (χ4n) is 1.95. The van der Waals surface area contributed by atoms with E-state index in [1.807, 2.05) is 31.2 Å². The lowest BCUT2D eigenvalue weighted by Gasteiger charge is -2.21. The summed E-state index contributed by atoms with van der Waals surface area (Å²) in [4.78, 5) is 28.0. The second-order valence-electron chi connectivity index (χ2n) is 5.02. The number of thiophene rings is 1. The van der Waals surface area contributed by atoms with Gasteiger partial charge in [0.05, 0.1) is 4.88 Å². The first-order chi connectivity index (χ1) is 9.92. The number of carbonyl (C=O) groups excluding carboxylic acids is 2. The van der Waals surface area contributed by atoms with Gasteiger partial charge in [-0.15, -0.1) is 11.3 Å². The number of fused-ring (bicyclic) bond motifs is 1. The minimum Gasteiger partial charge on any atom is -0.399 e. The number of likely N-dealkylation sites (N-methyl/N-ethyl adjacent to an activating group) is 2. The number of carbonyl (C=O) groups is 2. The van der Waals surface area contributed by atoms with Crippen molar-refractivity contribution < 1.29 is 9.59 Å². The monoisotopic (exact) mass is 305 g/mol. The molecule has 112 valence electrons. The predicted molar refractivity (Wildman–Crippen MR) is 86.5 cm³/mol. The number of benzene rings is 1. The molecule has 0 aliphatic rings. The summed E-state index contributed by atoms with van der Waals surface area (Å²) in [6.07, 6.45) is 0. The largest absolute Gasteiger partial charge is 0.399 e. The van der Waals surface area contributed by atoms with Crippen LogP contribution in [0.1, 0.15) is 16.6 Å². The number of amides is 2. The number of hydrogen-bond acceptors (Lipinski definition) is 4. The molecule has 0 saturated heterocycles. The number of nitrogen functional groups attached to an aromatic ring is 1. The molecule has 21 heavy (non-hydrogen) atoms. The summed E-state index contributed by atoms with van der Waals surface area (Å²) in [6, 6.07) is 7.42. The fraction of sp³-hybridized carbons (Fsp3) is 0.333. The van der Waals surface area contributed by atoms with Gasteiger partial charge in [0.15, 0.2) is 0 Å². The smallest absolute Gasteiger partial charge is 0.264 e. The highest BCUT2D eigenvalue weighted by Crippen LogP contribution is 2.28. The van der Waals surface area contributed by atoms with Crippen molar-refractivity contribution in [2.45, 2.75) is 6.92 Å². The molecule has 1 heterocycles. The molecule has 0 aliphatic heterocycles. The molecule has 0 unspecified atom stereocenters. The van der Waals surface area contributed by atoms with Gasteiger partial charge in [0.1, 0.15) is 6.54 Å². The third-order valence-electron chi connectivity index (χ3n) is 3.24. The molecule has 0 bridgehead atoms. The Labute approximate surface area is 127 Å². The van der Waals surface area contributed by atoms with Crippen molar-refractivity contribution in [1.82, 2.24) is 9.80 Å². The van der Waals surface area contributed by atoms with Crippen molar-refractivity contribution in [2.24, 2.45) is 0 Å². The lowest BCUT2D eigenvalue weighted by atomic mass is 10.2. The van der Waals surface area contributed by atoms with Crippen molar-refractivity contribution in [2.75, 3.05) is 32.9 Å². The second-order valence-corrected chi connectivity index (χ2v) is 6.10. The van der Waals surface area contributed by atoms with Crippen LogP contribution in [0.4, 0.5) is 5.69 Å².